The van der Waals surface area contributed by atoms with Gasteiger partial charge in [-0.2, -0.15) is 10.2 Å². The van der Waals surface area contributed by atoms with Gasteiger partial charge in [-0.15, -0.1) is 0 Å². The average molecular weight is 289 g/mol. The lowest BCUT2D eigenvalue weighted by molar-refractivity contribution is -0.112. The minimum absolute atomic E-state index is 0.0661. The van der Waals surface area contributed by atoms with E-state index in [1.165, 1.54) is 0 Å². The molecular weight excluding hydrogens is 274 g/mol. The van der Waals surface area contributed by atoms with E-state index in [0.717, 1.165) is 22.6 Å². The summed E-state index contributed by atoms with van der Waals surface area (Å²) in [6.07, 6.45) is 6.37. The normalized spacial score (nSPS) is 13.4. The van der Waals surface area contributed by atoms with E-state index >= 15 is 0 Å². The Morgan fingerprint density at radius 2 is 1.59 bits per heavy atom. The predicted octanol–water partition coefficient (Wildman–Crippen LogP) is 4.93. The van der Waals surface area contributed by atoms with Crippen LogP contribution < -0.4 is 5.32 Å². The maximum absolute atomic E-state index is 11.9. The van der Waals surface area contributed by atoms with Gasteiger partial charge in [-0.05, 0) is 42.8 Å². The largest absolute Gasteiger partial charge is 0.322 e. The zero-order chi connectivity index (χ0) is 15.2. The molecule has 0 bridgehead atoms. The van der Waals surface area contributed by atoms with Crippen molar-refractivity contribution in [3.8, 4) is 0 Å². The molecule has 0 heterocycles. The third-order valence-electron chi connectivity index (χ3n) is 3.23. The van der Waals surface area contributed by atoms with Crippen molar-refractivity contribution in [1.29, 1.82) is 0 Å². The van der Waals surface area contributed by atoms with Crippen molar-refractivity contribution in [3.05, 3.63) is 78.4 Å². The number of amides is 1. The van der Waals surface area contributed by atoms with Crippen molar-refractivity contribution in [1.82, 2.24) is 0 Å². The van der Waals surface area contributed by atoms with Crippen LogP contribution in [0.3, 0.4) is 0 Å². The van der Waals surface area contributed by atoms with Crippen LogP contribution in [0.4, 0.5) is 17.1 Å². The van der Waals surface area contributed by atoms with Gasteiger partial charge in [0.15, 0.2) is 0 Å². The summed E-state index contributed by atoms with van der Waals surface area (Å²) in [6.45, 7) is 0. The molecule has 22 heavy (non-hydrogen) atoms. The first-order chi connectivity index (χ1) is 10.8. The smallest absolute Gasteiger partial charge is 0.251 e. The molecule has 0 fully saturated rings. The molecule has 1 N–H and O–H groups in total. The van der Waals surface area contributed by atoms with Crippen molar-refractivity contribution in [2.45, 2.75) is 6.42 Å². The van der Waals surface area contributed by atoms with E-state index in [9.17, 15) is 4.79 Å². The van der Waals surface area contributed by atoms with E-state index in [-0.39, 0.29) is 5.91 Å². The highest BCUT2D eigenvalue weighted by Gasteiger charge is 2.09. The Morgan fingerprint density at radius 1 is 0.909 bits per heavy atom. The fourth-order valence-electron chi connectivity index (χ4n) is 2.05. The fraction of sp³-hybridized carbons (Fsp3) is 0.0556. The number of anilines is 1. The van der Waals surface area contributed by atoms with Gasteiger partial charge in [-0.25, -0.2) is 0 Å². The van der Waals surface area contributed by atoms with Gasteiger partial charge in [0, 0.05) is 11.3 Å². The van der Waals surface area contributed by atoms with E-state index in [1.54, 1.807) is 0 Å². The van der Waals surface area contributed by atoms with Crippen molar-refractivity contribution in [2.24, 2.45) is 10.2 Å². The molecule has 2 aromatic rings. The first-order valence-corrected chi connectivity index (χ1v) is 7.05. The number of carbonyl (C=O) groups is 1. The molecule has 4 nitrogen and oxygen atoms in total. The zero-order valence-corrected chi connectivity index (χ0v) is 11.9. The Labute approximate surface area is 128 Å². The second-order valence-electron chi connectivity index (χ2n) is 4.86. The van der Waals surface area contributed by atoms with Crippen molar-refractivity contribution in [3.63, 3.8) is 0 Å². The summed E-state index contributed by atoms with van der Waals surface area (Å²) in [7, 11) is 0. The minimum Gasteiger partial charge on any atom is -0.322 e. The molecule has 2 aromatic carbocycles. The monoisotopic (exact) mass is 289 g/mol. The van der Waals surface area contributed by atoms with Gasteiger partial charge in [0.25, 0.3) is 5.91 Å². The molecule has 0 atom stereocenters. The summed E-state index contributed by atoms with van der Waals surface area (Å²) < 4.78 is 0. The lowest BCUT2D eigenvalue weighted by Crippen LogP contribution is -2.13. The number of rotatable bonds is 4. The lowest BCUT2D eigenvalue weighted by atomic mass is 10.2. The van der Waals surface area contributed by atoms with Gasteiger partial charge >= 0.3 is 0 Å². The lowest BCUT2D eigenvalue weighted by Gasteiger charge is -2.05. The molecule has 1 aliphatic carbocycles. The second kappa shape index (κ2) is 6.63. The van der Waals surface area contributed by atoms with Crippen LogP contribution in [-0.4, -0.2) is 5.91 Å². The van der Waals surface area contributed by atoms with E-state index in [0.29, 0.717) is 6.42 Å². The summed E-state index contributed by atoms with van der Waals surface area (Å²) in [4.78, 5) is 11.9. The first-order valence-electron chi connectivity index (χ1n) is 7.05. The van der Waals surface area contributed by atoms with E-state index in [4.69, 9.17) is 0 Å². The maximum atomic E-state index is 11.9. The van der Waals surface area contributed by atoms with Gasteiger partial charge in [-0.3, -0.25) is 4.79 Å². The first kappa shape index (κ1) is 13.9. The highest BCUT2D eigenvalue weighted by atomic mass is 16.1. The van der Waals surface area contributed by atoms with Crippen molar-refractivity contribution >= 4 is 23.0 Å². The maximum Gasteiger partial charge on any atom is 0.251 e. The van der Waals surface area contributed by atoms with Gasteiger partial charge in [0.05, 0.1) is 11.4 Å². The highest BCUT2D eigenvalue weighted by molar-refractivity contribution is 6.04. The van der Waals surface area contributed by atoms with Crippen LogP contribution >= 0.6 is 0 Å². The Kier molecular flexibility index (Phi) is 4.20. The van der Waals surface area contributed by atoms with Crippen LogP contribution in [0.5, 0.6) is 0 Å². The number of hydrogen-bond donors (Lipinski definition) is 1. The number of azo groups is 1. The standard InChI is InChI=1S/C18H15N3O/c22-18(14-6-4-5-7-14)19-15-10-12-17(13-11-15)21-20-16-8-2-1-3-9-16/h1-6,8-13H,7H2,(H,19,22). The van der Waals surface area contributed by atoms with Gasteiger partial charge in [-0.1, -0.05) is 36.4 Å². The third-order valence-corrected chi connectivity index (χ3v) is 3.23. The molecule has 0 saturated heterocycles. The number of carbonyl (C=O) groups excluding carboxylic acids is 1. The quantitative estimate of drug-likeness (QED) is 0.797. The van der Waals surface area contributed by atoms with Crippen LogP contribution in [0, 0.1) is 0 Å². The molecule has 1 aliphatic rings. The fourth-order valence-corrected chi connectivity index (χ4v) is 2.05. The average Bonchev–Trinajstić information content (AvgIpc) is 3.10. The molecule has 108 valence electrons. The molecule has 0 aliphatic heterocycles. The Morgan fingerprint density at radius 3 is 2.23 bits per heavy atom. The van der Waals surface area contributed by atoms with Gasteiger partial charge in [0.1, 0.15) is 0 Å². The number of nitrogens with zero attached hydrogens (tertiary/aromatic N) is 2. The summed E-state index contributed by atoms with van der Waals surface area (Å²) in [5, 5.41) is 11.2. The number of hydrogen-bond acceptors (Lipinski definition) is 3. The molecule has 0 spiro atoms. The Hall–Kier alpha value is -3.01. The molecular formula is C18H15N3O. The Bertz CT molecular complexity index is 744. The highest BCUT2D eigenvalue weighted by Crippen LogP contribution is 2.21. The molecule has 4 heteroatoms. The topological polar surface area (TPSA) is 53.8 Å². The molecule has 0 unspecified atom stereocenters. The summed E-state index contributed by atoms with van der Waals surface area (Å²) in [6, 6.07) is 16.8. The molecule has 0 aromatic heterocycles. The molecule has 1 amide bonds. The number of allylic oxidation sites excluding steroid dienone is 3. The van der Waals surface area contributed by atoms with Gasteiger partial charge in [0.2, 0.25) is 0 Å². The number of benzene rings is 2. The summed E-state index contributed by atoms with van der Waals surface area (Å²) >= 11 is 0. The molecule has 3 rings (SSSR count). The summed E-state index contributed by atoms with van der Waals surface area (Å²) in [5.41, 5.74) is 3.06. The third kappa shape index (κ3) is 3.55. The SMILES string of the molecule is O=C(Nc1ccc(N=Nc2ccccc2)cc1)C1=CC=CC1. The van der Waals surface area contributed by atoms with Crippen LogP contribution in [0.25, 0.3) is 0 Å². The van der Waals surface area contributed by atoms with E-state index in [1.807, 2.05) is 72.8 Å². The van der Waals surface area contributed by atoms with Crippen LogP contribution in [-0.2, 0) is 4.79 Å². The minimum atomic E-state index is -0.0661. The Balaban J connectivity index is 1.63. The predicted molar refractivity (Wildman–Crippen MR) is 87.5 cm³/mol. The molecule has 0 radical (unpaired) electrons. The zero-order valence-electron chi connectivity index (χ0n) is 11.9. The van der Waals surface area contributed by atoms with Crippen molar-refractivity contribution in [2.75, 3.05) is 5.32 Å². The van der Waals surface area contributed by atoms with Crippen LogP contribution in [0.15, 0.2) is 88.6 Å². The molecule has 0 saturated carbocycles. The van der Waals surface area contributed by atoms with E-state index < -0.39 is 0 Å². The van der Waals surface area contributed by atoms with Gasteiger partial charge < -0.3 is 5.32 Å². The summed E-state index contributed by atoms with van der Waals surface area (Å²) in [5.74, 6) is -0.0661. The second-order valence-corrected chi connectivity index (χ2v) is 4.86. The van der Waals surface area contributed by atoms with Crippen molar-refractivity contribution < 1.29 is 4.79 Å². The van der Waals surface area contributed by atoms with E-state index in [2.05, 4.69) is 15.5 Å². The van der Waals surface area contributed by atoms with Crippen LogP contribution in [0.2, 0.25) is 0 Å². The van der Waals surface area contributed by atoms with Crippen LogP contribution in [0.1, 0.15) is 6.42 Å². The number of nitrogens with one attached hydrogen (secondary N) is 1.